The maximum Gasteiger partial charge on any atom is 0.342 e. The topological polar surface area (TPSA) is 125 Å². The number of hydrogen-bond donors (Lipinski definition) is 1. The van der Waals surface area contributed by atoms with Gasteiger partial charge in [-0.2, -0.15) is 0 Å². The number of anilines is 1. The predicted octanol–water partition coefficient (Wildman–Crippen LogP) is 0.806. The maximum atomic E-state index is 12.2. The quantitative estimate of drug-likeness (QED) is 0.713. The van der Waals surface area contributed by atoms with Crippen molar-refractivity contribution in [3.63, 3.8) is 0 Å². The van der Waals surface area contributed by atoms with Gasteiger partial charge < -0.3 is 14.8 Å². The minimum Gasteiger partial charge on any atom is -0.462 e. The number of nitrogens with one attached hydrogen (secondary N) is 1. The molecule has 2 aromatic rings. The van der Waals surface area contributed by atoms with E-state index in [2.05, 4.69) is 20.8 Å². The van der Waals surface area contributed by atoms with Crippen molar-refractivity contribution >= 4 is 34.2 Å². The smallest absolute Gasteiger partial charge is 0.342 e. The zero-order valence-corrected chi connectivity index (χ0v) is 14.8. The molecule has 25 heavy (non-hydrogen) atoms. The van der Waals surface area contributed by atoms with E-state index in [0.717, 1.165) is 11.3 Å². The van der Waals surface area contributed by atoms with E-state index in [4.69, 9.17) is 9.47 Å². The lowest BCUT2D eigenvalue weighted by atomic mass is 10.2. The third-order valence-corrected chi connectivity index (χ3v) is 3.94. The lowest BCUT2D eigenvalue weighted by Crippen LogP contribution is -2.19. The molecule has 0 radical (unpaired) electrons. The van der Waals surface area contributed by atoms with Crippen LogP contribution in [0.3, 0.4) is 0 Å². The van der Waals surface area contributed by atoms with E-state index in [0.29, 0.717) is 5.82 Å². The fraction of sp³-hybridized carbons (Fsp3) is 0.429. The van der Waals surface area contributed by atoms with Crippen LogP contribution in [0.1, 0.15) is 40.4 Å². The number of nitrogens with zero attached hydrogens (tertiary/aromatic N) is 4. The molecule has 0 saturated heterocycles. The monoisotopic (exact) mass is 367 g/mol. The zero-order chi connectivity index (χ0) is 18.4. The first-order valence-corrected chi connectivity index (χ1v) is 8.32. The average molecular weight is 367 g/mol. The van der Waals surface area contributed by atoms with Crippen LogP contribution in [-0.4, -0.2) is 51.3 Å². The Morgan fingerprint density at radius 2 is 1.88 bits per heavy atom. The number of aromatic nitrogens is 4. The molecule has 0 aliphatic carbocycles. The van der Waals surface area contributed by atoms with Gasteiger partial charge in [0.1, 0.15) is 10.6 Å². The van der Waals surface area contributed by atoms with Crippen LogP contribution in [0, 0.1) is 0 Å². The van der Waals surface area contributed by atoms with Crippen LogP contribution in [0.15, 0.2) is 5.38 Å². The van der Waals surface area contributed by atoms with Crippen LogP contribution in [0.2, 0.25) is 0 Å². The summed E-state index contributed by atoms with van der Waals surface area (Å²) in [5.74, 6) is -1.43. The molecule has 0 fully saturated rings. The van der Waals surface area contributed by atoms with Crippen molar-refractivity contribution in [2.45, 2.75) is 20.3 Å². The molecule has 0 aliphatic rings. The first kappa shape index (κ1) is 18.5. The summed E-state index contributed by atoms with van der Waals surface area (Å²) in [5, 5.41) is 15.1. The third-order valence-electron chi connectivity index (χ3n) is 3.05. The molecule has 2 rings (SSSR count). The molecule has 0 bridgehead atoms. The SMILES string of the molecule is CCOC(=O)c1csc(NC(=O)Cc2nnnn2C)c1C(=O)OCC. The average Bonchev–Trinajstić information content (AvgIpc) is 3.15. The van der Waals surface area contributed by atoms with E-state index >= 15 is 0 Å². The summed E-state index contributed by atoms with van der Waals surface area (Å²) in [6.45, 7) is 3.60. The summed E-state index contributed by atoms with van der Waals surface area (Å²) in [7, 11) is 1.61. The Morgan fingerprint density at radius 1 is 1.20 bits per heavy atom. The normalized spacial score (nSPS) is 10.4. The van der Waals surface area contributed by atoms with Gasteiger partial charge in [-0.3, -0.25) is 4.79 Å². The Bertz CT molecular complexity index is 784. The van der Waals surface area contributed by atoms with Gasteiger partial charge in [0.2, 0.25) is 5.91 Å². The molecule has 0 aromatic carbocycles. The van der Waals surface area contributed by atoms with Gasteiger partial charge in [0.05, 0.1) is 25.2 Å². The second kappa shape index (κ2) is 8.33. The standard InChI is InChI=1S/C14H17N5O5S/c1-4-23-13(21)8-7-25-12(11(8)14(22)24-5-2)15-10(20)6-9-16-17-18-19(9)3/h7H,4-6H2,1-3H3,(H,15,20). The van der Waals surface area contributed by atoms with Crippen molar-refractivity contribution in [3.8, 4) is 0 Å². The van der Waals surface area contributed by atoms with E-state index in [-0.39, 0.29) is 35.8 Å². The molecule has 2 aromatic heterocycles. The third kappa shape index (κ3) is 4.38. The number of esters is 2. The number of rotatable bonds is 7. The summed E-state index contributed by atoms with van der Waals surface area (Å²) in [4.78, 5) is 36.4. The van der Waals surface area contributed by atoms with Gasteiger partial charge in [0.15, 0.2) is 5.82 Å². The highest BCUT2D eigenvalue weighted by atomic mass is 32.1. The fourth-order valence-corrected chi connectivity index (χ4v) is 2.86. The molecular weight excluding hydrogens is 350 g/mol. The van der Waals surface area contributed by atoms with Crippen LogP contribution < -0.4 is 5.32 Å². The van der Waals surface area contributed by atoms with E-state index in [1.165, 1.54) is 10.1 Å². The number of thiophene rings is 1. The number of tetrazole rings is 1. The van der Waals surface area contributed by atoms with Crippen molar-refractivity contribution in [1.29, 1.82) is 0 Å². The lowest BCUT2D eigenvalue weighted by Gasteiger charge is -2.08. The lowest BCUT2D eigenvalue weighted by molar-refractivity contribution is -0.115. The van der Waals surface area contributed by atoms with Crippen LogP contribution in [0.5, 0.6) is 0 Å². The zero-order valence-electron chi connectivity index (χ0n) is 13.9. The Balaban J connectivity index is 2.24. The first-order valence-electron chi connectivity index (χ1n) is 7.44. The van der Waals surface area contributed by atoms with Crippen molar-refractivity contribution < 1.29 is 23.9 Å². The minimum atomic E-state index is -0.706. The fourth-order valence-electron chi connectivity index (χ4n) is 1.93. The Morgan fingerprint density at radius 3 is 2.48 bits per heavy atom. The molecule has 0 atom stereocenters. The van der Waals surface area contributed by atoms with Crippen molar-refractivity contribution in [2.24, 2.45) is 7.05 Å². The van der Waals surface area contributed by atoms with Crippen LogP contribution >= 0.6 is 11.3 Å². The highest BCUT2D eigenvalue weighted by molar-refractivity contribution is 7.15. The molecule has 11 heteroatoms. The molecular formula is C14H17N5O5S. The minimum absolute atomic E-state index is 0.0188. The van der Waals surface area contributed by atoms with Gasteiger partial charge in [0, 0.05) is 12.4 Å². The van der Waals surface area contributed by atoms with E-state index in [1.54, 1.807) is 20.9 Å². The summed E-state index contributed by atoms with van der Waals surface area (Å²) in [5.41, 5.74) is 0.0377. The maximum absolute atomic E-state index is 12.2. The summed E-state index contributed by atoms with van der Waals surface area (Å²) in [6, 6.07) is 0. The molecule has 0 saturated carbocycles. The second-order valence-electron chi connectivity index (χ2n) is 4.74. The molecule has 1 amide bonds. The highest BCUT2D eigenvalue weighted by Gasteiger charge is 2.26. The second-order valence-corrected chi connectivity index (χ2v) is 5.62. The van der Waals surface area contributed by atoms with Gasteiger partial charge in [-0.05, 0) is 24.3 Å². The first-order chi connectivity index (χ1) is 12.0. The summed E-state index contributed by atoms with van der Waals surface area (Å²) in [6.07, 6.45) is -0.0849. The van der Waals surface area contributed by atoms with Gasteiger partial charge in [-0.15, -0.1) is 16.4 Å². The van der Waals surface area contributed by atoms with Gasteiger partial charge >= 0.3 is 11.9 Å². The number of hydrogen-bond acceptors (Lipinski definition) is 9. The molecule has 10 nitrogen and oxygen atoms in total. The number of carbonyl (C=O) groups is 3. The highest BCUT2D eigenvalue weighted by Crippen LogP contribution is 2.30. The molecule has 2 heterocycles. The Labute approximate surface area is 147 Å². The molecule has 134 valence electrons. The molecule has 0 aliphatic heterocycles. The van der Waals surface area contributed by atoms with Crippen LogP contribution in [-0.2, 0) is 27.7 Å². The largest absolute Gasteiger partial charge is 0.462 e. The van der Waals surface area contributed by atoms with E-state index in [9.17, 15) is 14.4 Å². The predicted molar refractivity (Wildman–Crippen MR) is 87.4 cm³/mol. The molecule has 1 N–H and O–H groups in total. The van der Waals surface area contributed by atoms with Crippen LogP contribution in [0.4, 0.5) is 5.00 Å². The van der Waals surface area contributed by atoms with Gasteiger partial charge in [-0.25, -0.2) is 14.3 Å². The van der Waals surface area contributed by atoms with Crippen molar-refractivity contribution in [1.82, 2.24) is 20.2 Å². The molecule has 0 spiro atoms. The van der Waals surface area contributed by atoms with Crippen molar-refractivity contribution in [3.05, 3.63) is 22.3 Å². The number of carbonyl (C=O) groups excluding carboxylic acids is 3. The number of amides is 1. The van der Waals surface area contributed by atoms with Gasteiger partial charge in [-0.1, -0.05) is 0 Å². The summed E-state index contributed by atoms with van der Waals surface area (Å²) >= 11 is 1.04. The van der Waals surface area contributed by atoms with Crippen LogP contribution in [0.25, 0.3) is 0 Å². The number of ether oxygens (including phenoxy) is 2. The Kier molecular flexibility index (Phi) is 6.17. The van der Waals surface area contributed by atoms with E-state index < -0.39 is 17.8 Å². The van der Waals surface area contributed by atoms with Crippen molar-refractivity contribution in [2.75, 3.05) is 18.5 Å². The number of aryl methyl sites for hydroxylation is 1. The molecule has 0 unspecified atom stereocenters. The summed E-state index contributed by atoms with van der Waals surface area (Å²) < 4.78 is 11.3. The van der Waals surface area contributed by atoms with E-state index in [1.807, 2.05) is 0 Å². The Hall–Kier alpha value is -2.82. The van der Waals surface area contributed by atoms with Gasteiger partial charge in [0.25, 0.3) is 0 Å².